The highest BCUT2D eigenvalue weighted by molar-refractivity contribution is 5.83. The molecule has 26 heavy (non-hydrogen) atoms. The number of rotatable bonds is 9. The summed E-state index contributed by atoms with van der Waals surface area (Å²) < 4.78 is 24.6. The molecule has 0 radical (unpaired) electrons. The summed E-state index contributed by atoms with van der Waals surface area (Å²) in [6.45, 7) is 5.88. The minimum absolute atomic E-state index is 0. The fourth-order valence-electron chi connectivity index (χ4n) is 4.36. The second kappa shape index (κ2) is 8.38. The molecule has 1 amide bonds. The maximum atomic E-state index is 13.4. The van der Waals surface area contributed by atoms with Crippen molar-refractivity contribution in [2.75, 3.05) is 26.4 Å². The molecule has 2 bridgehead atoms. The van der Waals surface area contributed by atoms with Crippen LogP contribution >= 0.6 is 0 Å². The van der Waals surface area contributed by atoms with Gasteiger partial charge < -0.3 is 14.8 Å². The van der Waals surface area contributed by atoms with Crippen LogP contribution in [0.5, 0.6) is 5.75 Å². The van der Waals surface area contributed by atoms with E-state index in [1.54, 1.807) is 6.07 Å². The molecule has 2 aliphatic rings. The third-order valence-electron chi connectivity index (χ3n) is 5.84. The highest BCUT2D eigenvalue weighted by atomic mass is 19.1. The van der Waals surface area contributed by atoms with E-state index in [1.165, 1.54) is 25.0 Å². The molecule has 5 heteroatoms. The second-order valence-corrected chi connectivity index (χ2v) is 7.98. The number of hydrogen-bond acceptors (Lipinski definition) is 3. The predicted octanol–water partition coefficient (Wildman–Crippen LogP) is 4.29. The average molecular weight is 365 g/mol. The van der Waals surface area contributed by atoms with Crippen molar-refractivity contribution in [3.63, 3.8) is 0 Å². The summed E-state index contributed by atoms with van der Waals surface area (Å²) in [6.07, 6.45) is 5.58. The highest BCUT2D eigenvalue weighted by Gasteiger charge is 2.49. The van der Waals surface area contributed by atoms with Gasteiger partial charge in [-0.2, -0.15) is 0 Å². The van der Waals surface area contributed by atoms with E-state index in [0.717, 1.165) is 30.7 Å². The molecule has 0 atom stereocenters. The van der Waals surface area contributed by atoms with Crippen LogP contribution < -0.4 is 10.1 Å². The molecule has 2 saturated carbocycles. The number of carbonyl (C=O) groups excluding carboxylic acids is 1. The lowest BCUT2D eigenvalue weighted by molar-refractivity contribution is -0.130. The number of nitrogens with one attached hydrogen (secondary N) is 1. The SMILES string of the molecule is CC(C)c1ccc(F)cc1OCCOCCNC(=O)C12CCC(CC1)C2.[HH]. The number of carbonyl (C=O) groups is 1. The van der Waals surface area contributed by atoms with Crippen LogP contribution in [0.3, 0.4) is 0 Å². The Morgan fingerprint density at radius 2 is 2.08 bits per heavy atom. The van der Waals surface area contributed by atoms with Crippen molar-refractivity contribution in [3.8, 4) is 5.75 Å². The Hall–Kier alpha value is -1.62. The summed E-state index contributed by atoms with van der Waals surface area (Å²) in [5.74, 6) is 1.53. The quantitative estimate of drug-likeness (QED) is 0.664. The van der Waals surface area contributed by atoms with Crippen LogP contribution in [0.1, 0.15) is 58.9 Å². The van der Waals surface area contributed by atoms with Gasteiger partial charge in [-0.05, 0) is 55.6 Å². The van der Waals surface area contributed by atoms with Gasteiger partial charge in [0.05, 0.1) is 13.2 Å². The van der Waals surface area contributed by atoms with Crippen LogP contribution in [-0.2, 0) is 9.53 Å². The molecule has 2 aliphatic carbocycles. The van der Waals surface area contributed by atoms with Gasteiger partial charge in [-0.15, -0.1) is 0 Å². The predicted molar refractivity (Wildman–Crippen MR) is 101 cm³/mol. The maximum Gasteiger partial charge on any atom is 0.226 e. The summed E-state index contributed by atoms with van der Waals surface area (Å²) in [5, 5.41) is 3.03. The van der Waals surface area contributed by atoms with Crippen molar-refractivity contribution in [1.82, 2.24) is 5.32 Å². The molecule has 146 valence electrons. The van der Waals surface area contributed by atoms with Crippen LogP contribution in [0.25, 0.3) is 0 Å². The van der Waals surface area contributed by atoms with Gasteiger partial charge in [-0.3, -0.25) is 4.79 Å². The van der Waals surface area contributed by atoms with E-state index in [0.29, 0.717) is 32.1 Å². The number of amides is 1. The van der Waals surface area contributed by atoms with Crippen LogP contribution in [0.2, 0.25) is 0 Å². The average Bonchev–Trinajstić information content (AvgIpc) is 3.23. The molecule has 1 aromatic rings. The van der Waals surface area contributed by atoms with Gasteiger partial charge in [-0.1, -0.05) is 19.9 Å². The van der Waals surface area contributed by atoms with Gasteiger partial charge >= 0.3 is 0 Å². The molecular weight excluding hydrogens is 333 g/mol. The van der Waals surface area contributed by atoms with Crippen molar-refractivity contribution < 1.29 is 20.1 Å². The van der Waals surface area contributed by atoms with Crippen LogP contribution in [-0.4, -0.2) is 32.3 Å². The van der Waals surface area contributed by atoms with E-state index in [1.807, 2.05) is 0 Å². The van der Waals surface area contributed by atoms with Crippen LogP contribution in [0.15, 0.2) is 18.2 Å². The molecule has 4 nitrogen and oxygen atoms in total. The Bertz CT molecular complexity index is 630. The maximum absolute atomic E-state index is 13.4. The molecule has 3 rings (SSSR count). The standard InChI is InChI=1S/C21H30FNO3.H2/c1-15(2)18-4-3-17(22)13-19(18)26-12-11-25-10-9-23-20(24)21-7-5-16(14-21)6-8-21;/h3-4,13,15-16H,5-12,14H2,1-2H3,(H,23,24);1H. The molecule has 0 saturated heterocycles. The first-order chi connectivity index (χ1) is 12.5. The summed E-state index contributed by atoms with van der Waals surface area (Å²) in [6, 6.07) is 4.64. The smallest absolute Gasteiger partial charge is 0.226 e. The number of halogens is 1. The third kappa shape index (κ3) is 4.37. The summed E-state index contributed by atoms with van der Waals surface area (Å²) in [7, 11) is 0. The molecule has 2 fully saturated rings. The molecule has 0 unspecified atom stereocenters. The lowest BCUT2D eigenvalue weighted by Crippen LogP contribution is -2.39. The van der Waals surface area contributed by atoms with Crippen molar-refractivity contribution in [3.05, 3.63) is 29.6 Å². The van der Waals surface area contributed by atoms with E-state index >= 15 is 0 Å². The molecule has 0 aromatic heterocycles. The lowest BCUT2D eigenvalue weighted by Gasteiger charge is -2.25. The Morgan fingerprint density at radius 3 is 2.73 bits per heavy atom. The van der Waals surface area contributed by atoms with Crippen molar-refractivity contribution in [2.24, 2.45) is 11.3 Å². The minimum atomic E-state index is -0.298. The first kappa shape index (κ1) is 19.2. The zero-order valence-corrected chi connectivity index (χ0v) is 15.9. The number of benzene rings is 1. The highest BCUT2D eigenvalue weighted by Crippen LogP contribution is 2.54. The van der Waals surface area contributed by atoms with E-state index in [9.17, 15) is 9.18 Å². The largest absolute Gasteiger partial charge is 0.491 e. The summed E-state index contributed by atoms with van der Waals surface area (Å²) >= 11 is 0. The Labute approximate surface area is 156 Å². The number of hydrogen-bond donors (Lipinski definition) is 1. The first-order valence-electron chi connectivity index (χ1n) is 9.78. The fourth-order valence-corrected chi connectivity index (χ4v) is 4.36. The van der Waals surface area contributed by atoms with E-state index < -0.39 is 0 Å². The second-order valence-electron chi connectivity index (χ2n) is 7.98. The monoisotopic (exact) mass is 365 g/mol. The van der Waals surface area contributed by atoms with E-state index in [-0.39, 0.29) is 24.5 Å². The van der Waals surface area contributed by atoms with Gasteiger partial charge in [0.15, 0.2) is 0 Å². The fraction of sp³-hybridized carbons (Fsp3) is 0.667. The summed E-state index contributed by atoms with van der Waals surface area (Å²) in [5.41, 5.74) is 0.905. The molecule has 1 aromatic carbocycles. The normalized spacial score (nSPS) is 24.2. The van der Waals surface area contributed by atoms with Crippen molar-refractivity contribution >= 4 is 5.91 Å². The molecular formula is C21H32FNO3. The first-order valence-corrected chi connectivity index (χ1v) is 9.78. The van der Waals surface area contributed by atoms with Gasteiger partial charge in [0.1, 0.15) is 18.2 Å². The molecule has 0 aliphatic heterocycles. The molecule has 1 N–H and O–H groups in total. The minimum Gasteiger partial charge on any atom is -0.491 e. The van der Waals surface area contributed by atoms with Crippen LogP contribution in [0, 0.1) is 17.2 Å². The van der Waals surface area contributed by atoms with Crippen LogP contribution in [0.4, 0.5) is 4.39 Å². The third-order valence-corrected chi connectivity index (χ3v) is 5.84. The Kier molecular flexibility index (Phi) is 6.17. The number of fused-ring (bicyclic) bond motifs is 2. The summed E-state index contributed by atoms with van der Waals surface area (Å²) in [4.78, 5) is 12.4. The molecule has 0 spiro atoms. The Morgan fingerprint density at radius 1 is 1.31 bits per heavy atom. The van der Waals surface area contributed by atoms with Gasteiger partial charge in [-0.25, -0.2) is 4.39 Å². The topological polar surface area (TPSA) is 47.6 Å². The van der Waals surface area contributed by atoms with Gasteiger partial charge in [0.2, 0.25) is 5.91 Å². The molecule has 0 heterocycles. The van der Waals surface area contributed by atoms with Crippen molar-refractivity contribution in [1.29, 1.82) is 0 Å². The number of ether oxygens (including phenoxy) is 2. The lowest BCUT2D eigenvalue weighted by atomic mass is 9.83. The van der Waals surface area contributed by atoms with E-state index in [4.69, 9.17) is 9.47 Å². The zero-order valence-electron chi connectivity index (χ0n) is 15.9. The Balaban J connectivity index is 0.00000261. The van der Waals surface area contributed by atoms with Gasteiger partial charge in [0, 0.05) is 19.5 Å². The van der Waals surface area contributed by atoms with E-state index in [2.05, 4.69) is 19.2 Å². The van der Waals surface area contributed by atoms with Crippen molar-refractivity contribution in [2.45, 2.75) is 51.9 Å². The van der Waals surface area contributed by atoms with Gasteiger partial charge in [0.25, 0.3) is 0 Å². The zero-order chi connectivity index (χ0) is 18.6.